The maximum Gasteiger partial charge on any atom is 0.336 e. The zero-order chi connectivity index (χ0) is 18.1. The molecule has 0 amide bonds. The molecule has 0 saturated heterocycles. The highest BCUT2D eigenvalue weighted by Crippen LogP contribution is 2.33. The van der Waals surface area contributed by atoms with Crippen molar-refractivity contribution in [3.63, 3.8) is 0 Å². The Morgan fingerprint density at radius 3 is 2.38 bits per heavy atom. The van der Waals surface area contributed by atoms with Crippen molar-refractivity contribution >= 4 is 16.9 Å². The van der Waals surface area contributed by atoms with E-state index in [9.17, 15) is 9.90 Å². The van der Waals surface area contributed by atoms with Gasteiger partial charge in [0.15, 0.2) is 0 Å². The Hall–Kier alpha value is -3.46. The van der Waals surface area contributed by atoms with Gasteiger partial charge in [0.05, 0.1) is 11.1 Å². The summed E-state index contributed by atoms with van der Waals surface area (Å²) in [5, 5.41) is 10.7. The number of hydrogen-bond acceptors (Lipinski definition) is 2. The molecule has 0 atom stereocenters. The van der Waals surface area contributed by atoms with Crippen LogP contribution in [0.1, 0.15) is 16.1 Å². The summed E-state index contributed by atoms with van der Waals surface area (Å²) in [6.07, 6.45) is 0. The van der Waals surface area contributed by atoms with Crippen molar-refractivity contribution in [1.82, 2.24) is 4.98 Å². The Balaban J connectivity index is 2.01. The quantitative estimate of drug-likeness (QED) is 0.530. The van der Waals surface area contributed by atoms with Crippen molar-refractivity contribution < 1.29 is 9.90 Å². The minimum Gasteiger partial charge on any atom is -0.478 e. The smallest absolute Gasteiger partial charge is 0.336 e. The maximum atomic E-state index is 11.8. The van der Waals surface area contributed by atoms with Crippen molar-refractivity contribution in [2.24, 2.45) is 0 Å². The summed E-state index contributed by atoms with van der Waals surface area (Å²) in [5.74, 6) is -0.940. The molecule has 1 aromatic heterocycles. The molecular weight excluding hydrogens is 322 g/mol. The standard InChI is InChI=1S/C23H17NO2/c1-15-10-11-17-8-5-9-19(22(17)24-15)21-14-18(12-13-20(21)23(25)26)16-6-3-2-4-7-16/h2-14H,1H3,(H,25,26). The van der Waals surface area contributed by atoms with Gasteiger partial charge in [0.2, 0.25) is 0 Å². The summed E-state index contributed by atoms with van der Waals surface area (Å²) >= 11 is 0. The number of nitrogens with zero attached hydrogens (tertiary/aromatic N) is 1. The average molecular weight is 339 g/mol. The van der Waals surface area contributed by atoms with E-state index in [0.717, 1.165) is 33.3 Å². The zero-order valence-electron chi connectivity index (χ0n) is 14.3. The van der Waals surface area contributed by atoms with Crippen LogP contribution in [0.2, 0.25) is 0 Å². The molecule has 1 N–H and O–H groups in total. The van der Waals surface area contributed by atoms with Crippen molar-refractivity contribution in [3.05, 3.63) is 90.1 Å². The summed E-state index contributed by atoms with van der Waals surface area (Å²) in [5.41, 5.74) is 5.55. The molecule has 3 nitrogen and oxygen atoms in total. The molecule has 0 saturated carbocycles. The lowest BCUT2D eigenvalue weighted by molar-refractivity contribution is 0.0698. The van der Waals surface area contributed by atoms with E-state index in [4.69, 9.17) is 0 Å². The third-order valence-electron chi connectivity index (χ3n) is 4.51. The first-order valence-electron chi connectivity index (χ1n) is 8.43. The van der Waals surface area contributed by atoms with E-state index in [-0.39, 0.29) is 5.56 Å². The van der Waals surface area contributed by atoms with Crippen LogP contribution in [0.15, 0.2) is 78.9 Å². The lowest BCUT2D eigenvalue weighted by Crippen LogP contribution is -2.01. The minimum absolute atomic E-state index is 0.278. The Labute approximate surface area is 151 Å². The highest BCUT2D eigenvalue weighted by molar-refractivity contribution is 6.03. The van der Waals surface area contributed by atoms with E-state index < -0.39 is 5.97 Å². The number of hydrogen-bond donors (Lipinski definition) is 1. The summed E-state index contributed by atoms with van der Waals surface area (Å²) in [6, 6.07) is 25.3. The fourth-order valence-electron chi connectivity index (χ4n) is 3.23. The Morgan fingerprint density at radius 2 is 1.62 bits per heavy atom. The van der Waals surface area contributed by atoms with Gasteiger partial charge in [-0.3, -0.25) is 4.98 Å². The van der Waals surface area contributed by atoms with Crippen LogP contribution in [0.3, 0.4) is 0 Å². The molecule has 4 aromatic rings. The van der Waals surface area contributed by atoms with Gasteiger partial charge in [-0.25, -0.2) is 4.79 Å². The first kappa shape index (κ1) is 16.0. The van der Waals surface area contributed by atoms with Gasteiger partial charge in [0, 0.05) is 16.6 Å². The Bertz CT molecular complexity index is 1120. The van der Waals surface area contributed by atoms with Crippen LogP contribution < -0.4 is 0 Å². The number of pyridine rings is 1. The lowest BCUT2D eigenvalue weighted by atomic mass is 9.93. The number of aromatic carboxylic acids is 1. The van der Waals surface area contributed by atoms with Crippen LogP contribution in [-0.2, 0) is 0 Å². The molecule has 26 heavy (non-hydrogen) atoms. The van der Waals surface area contributed by atoms with E-state index in [1.807, 2.05) is 79.7 Å². The van der Waals surface area contributed by atoms with Crippen LogP contribution in [0.4, 0.5) is 0 Å². The molecule has 0 aliphatic heterocycles. The number of para-hydroxylation sites is 1. The number of aromatic nitrogens is 1. The van der Waals surface area contributed by atoms with E-state index in [0.29, 0.717) is 5.56 Å². The molecule has 0 bridgehead atoms. The largest absolute Gasteiger partial charge is 0.478 e. The van der Waals surface area contributed by atoms with E-state index in [1.54, 1.807) is 6.07 Å². The van der Waals surface area contributed by atoms with Gasteiger partial charge in [-0.1, -0.05) is 60.7 Å². The van der Waals surface area contributed by atoms with E-state index >= 15 is 0 Å². The van der Waals surface area contributed by atoms with Gasteiger partial charge in [0.1, 0.15) is 0 Å². The number of benzene rings is 3. The Morgan fingerprint density at radius 1 is 0.808 bits per heavy atom. The third-order valence-corrected chi connectivity index (χ3v) is 4.51. The fourth-order valence-corrected chi connectivity index (χ4v) is 3.23. The first-order valence-corrected chi connectivity index (χ1v) is 8.43. The highest BCUT2D eigenvalue weighted by atomic mass is 16.4. The molecule has 0 fully saturated rings. The maximum absolute atomic E-state index is 11.8. The van der Waals surface area contributed by atoms with Crippen molar-refractivity contribution in [1.29, 1.82) is 0 Å². The van der Waals surface area contributed by atoms with Crippen molar-refractivity contribution in [3.8, 4) is 22.3 Å². The van der Waals surface area contributed by atoms with Gasteiger partial charge in [-0.15, -0.1) is 0 Å². The number of aryl methyl sites for hydroxylation is 1. The predicted molar refractivity (Wildman–Crippen MR) is 104 cm³/mol. The van der Waals surface area contributed by atoms with Gasteiger partial charge in [-0.2, -0.15) is 0 Å². The summed E-state index contributed by atoms with van der Waals surface area (Å²) < 4.78 is 0. The van der Waals surface area contributed by atoms with Crippen LogP contribution in [0.5, 0.6) is 0 Å². The zero-order valence-corrected chi connectivity index (χ0v) is 14.3. The van der Waals surface area contributed by atoms with Crippen LogP contribution in [0, 0.1) is 6.92 Å². The molecule has 0 aliphatic carbocycles. The van der Waals surface area contributed by atoms with E-state index in [2.05, 4.69) is 4.98 Å². The lowest BCUT2D eigenvalue weighted by Gasteiger charge is -2.12. The van der Waals surface area contributed by atoms with Gasteiger partial charge in [0.25, 0.3) is 0 Å². The summed E-state index contributed by atoms with van der Waals surface area (Å²) in [7, 11) is 0. The molecule has 0 spiro atoms. The highest BCUT2D eigenvalue weighted by Gasteiger charge is 2.16. The molecule has 0 aliphatic rings. The SMILES string of the molecule is Cc1ccc2cccc(-c3cc(-c4ccccc4)ccc3C(=O)O)c2n1. The summed E-state index contributed by atoms with van der Waals surface area (Å²) in [4.78, 5) is 16.5. The van der Waals surface area contributed by atoms with Gasteiger partial charge in [-0.05, 0) is 41.8 Å². The predicted octanol–water partition coefficient (Wildman–Crippen LogP) is 5.58. The van der Waals surface area contributed by atoms with Crippen LogP contribution in [0.25, 0.3) is 33.2 Å². The third kappa shape index (κ3) is 2.84. The molecular formula is C23H17NO2. The molecule has 126 valence electrons. The van der Waals surface area contributed by atoms with Crippen molar-refractivity contribution in [2.45, 2.75) is 6.92 Å². The molecule has 0 radical (unpaired) electrons. The average Bonchev–Trinajstić information content (AvgIpc) is 2.67. The fraction of sp³-hybridized carbons (Fsp3) is 0.0435. The number of carboxylic acids is 1. The first-order chi connectivity index (χ1) is 12.6. The molecule has 0 unspecified atom stereocenters. The molecule has 3 aromatic carbocycles. The topological polar surface area (TPSA) is 50.2 Å². The van der Waals surface area contributed by atoms with Crippen LogP contribution >= 0.6 is 0 Å². The minimum atomic E-state index is -0.940. The second kappa shape index (κ2) is 6.45. The second-order valence-corrected chi connectivity index (χ2v) is 6.26. The molecule has 4 rings (SSSR count). The number of fused-ring (bicyclic) bond motifs is 1. The number of rotatable bonds is 3. The van der Waals surface area contributed by atoms with Gasteiger partial charge < -0.3 is 5.11 Å². The van der Waals surface area contributed by atoms with E-state index in [1.165, 1.54) is 0 Å². The molecule has 1 heterocycles. The Kier molecular flexibility index (Phi) is 3.98. The summed E-state index contributed by atoms with van der Waals surface area (Å²) in [6.45, 7) is 1.94. The van der Waals surface area contributed by atoms with Crippen LogP contribution in [-0.4, -0.2) is 16.1 Å². The second-order valence-electron chi connectivity index (χ2n) is 6.26. The number of carbonyl (C=O) groups is 1. The monoisotopic (exact) mass is 339 g/mol. The normalized spacial score (nSPS) is 10.8. The number of carboxylic acid groups (broad SMARTS) is 1. The van der Waals surface area contributed by atoms with Gasteiger partial charge >= 0.3 is 5.97 Å². The van der Waals surface area contributed by atoms with Crippen molar-refractivity contribution in [2.75, 3.05) is 0 Å². The molecule has 3 heteroatoms.